The first-order valence-corrected chi connectivity index (χ1v) is 17.9. The molecule has 0 atom stereocenters. The van der Waals surface area contributed by atoms with Gasteiger partial charge in [0, 0.05) is 6.20 Å². The van der Waals surface area contributed by atoms with E-state index in [-0.39, 0.29) is 49.3 Å². The molecule has 5 N–H and O–H groups in total. The third-order valence-corrected chi connectivity index (χ3v) is 9.15. The number of carboxylic acid groups (broad SMARTS) is 2. The molecule has 0 spiro atoms. The maximum Gasteiger partial charge on any atom is 0.418 e. The number of ether oxygens (including phenoxy) is 5. The molecule has 0 saturated heterocycles. The number of halogens is 9. The van der Waals surface area contributed by atoms with Crippen LogP contribution in [-0.4, -0.2) is 99.6 Å². The Morgan fingerprint density at radius 1 is 0.862 bits per heavy atom. The highest BCUT2D eigenvalue weighted by Crippen LogP contribution is 2.38. The molecule has 0 aliphatic carbocycles. The summed E-state index contributed by atoms with van der Waals surface area (Å²) in [6, 6.07) is 3.20. The number of rotatable bonds is 12. The number of carboxylic acids is 2. The van der Waals surface area contributed by atoms with E-state index in [9.17, 15) is 35.6 Å². The summed E-state index contributed by atoms with van der Waals surface area (Å²) in [6.45, 7) is -1.24. The molecule has 5 heterocycles. The smallest absolute Gasteiger partial charge is 0.418 e. The average Bonchev–Trinajstić information content (AvgIpc) is 3.56. The summed E-state index contributed by atoms with van der Waals surface area (Å²) in [7, 11) is -1.20. The Balaban J connectivity index is 0.000000260. The van der Waals surface area contributed by atoms with E-state index < -0.39 is 80.5 Å². The van der Waals surface area contributed by atoms with Crippen LogP contribution in [0.3, 0.4) is 0 Å². The molecule has 0 unspecified atom stereocenters. The van der Waals surface area contributed by atoms with Crippen LogP contribution in [0.15, 0.2) is 29.3 Å². The van der Waals surface area contributed by atoms with Gasteiger partial charge in [-0.25, -0.2) is 27.7 Å². The van der Waals surface area contributed by atoms with E-state index in [1.54, 1.807) is 0 Å². The Bertz CT molecular complexity index is 2440. The molecule has 20 nitrogen and oxygen atoms in total. The van der Waals surface area contributed by atoms with Crippen molar-refractivity contribution in [3.8, 4) is 29.4 Å². The van der Waals surface area contributed by atoms with Gasteiger partial charge < -0.3 is 39.6 Å². The average molecular weight is 946 g/mol. The Morgan fingerprint density at radius 2 is 1.48 bits per heavy atom. The summed E-state index contributed by atoms with van der Waals surface area (Å²) in [5.74, 6) is -5.12. The van der Waals surface area contributed by atoms with E-state index in [0.717, 1.165) is 17.8 Å². The van der Waals surface area contributed by atoms with E-state index in [1.807, 2.05) is 4.72 Å². The molecular formula is C28H22Cl5F4N9O11S. The first-order chi connectivity index (χ1) is 27.0. The van der Waals surface area contributed by atoms with Crippen LogP contribution in [-0.2, 0) is 25.8 Å². The Kier molecular flexibility index (Phi) is 16.1. The normalized spacial score (nSPS) is 11.0. The third-order valence-electron chi connectivity index (χ3n) is 6.10. The van der Waals surface area contributed by atoms with E-state index in [4.69, 9.17) is 92.9 Å². The van der Waals surface area contributed by atoms with Gasteiger partial charge >= 0.3 is 18.1 Å². The molecule has 30 heteroatoms. The van der Waals surface area contributed by atoms with Gasteiger partial charge in [0.1, 0.15) is 15.1 Å². The second-order valence-corrected chi connectivity index (χ2v) is 13.5. The molecule has 5 aromatic heterocycles. The summed E-state index contributed by atoms with van der Waals surface area (Å²) in [5.41, 5.74) is 3.61. The zero-order valence-electron chi connectivity index (χ0n) is 28.8. The van der Waals surface area contributed by atoms with E-state index in [1.165, 1.54) is 26.4 Å². The highest BCUT2D eigenvalue weighted by Gasteiger charge is 2.40. The predicted octanol–water partition coefficient (Wildman–Crippen LogP) is 5.44. The summed E-state index contributed by atoms with van der Waals surface area (Å²) in [5, 5.41) is 20.1. The molecule has 58 heavy (non-hydrogen) atoms. The number of nitrogens with two attached hydrogens (primary N) is 1. The van der Waals surface area contributed by atoms with Crippen molar-refractivity contribution in [3.63, 3.8) is 0 Å². The number of aliphatic carboxylic acids is 2. The first-order valence-electron chi connectivity index (χ1n) is 14.5. The van der Waals surface area contributed by atoms with Crippen molar-refractivity contribution in [1.29, 1.82) is 0 Å². The van der Waals surface area contributed by atoms with E-state index in [0.29, 0.717) is 6.07 Å². The lowest BCUT2D eigenvalue weighted by atomic mass is 10.2. The zero-order chi connectivity index (χ0) is 43.7. The second kappa shape index (κ2) is 19.9. The molecular weight excluding hydrogens is 924 g/mol. The molecule has 314 valence electrons. The number of pyridine rings is 3. The number of nitrogens with zero attached hydrogens (tertiary/aromatic N) is 7. The van der Waals surface area contributed by atoms with Gasteiger partial charge in [0.25, 0.3) is 21.7 Å². The van der Waals surface area contributed by atoms with Crippen molar-refractivity contribution < 1.29 is 69.5 Å². The van der Waals surface area contributed by atoms with E-state index >= 15 is 0 Å². The molecule has 0 aliphatic rings. The van der Waals surface area contributed by atoms with Gasteiger partial charge in [0.2, 0.25) is 35.3 Å². The van der Waals surface area contributed by atoms with Crippen molar-refractivity contribution in [3.05, 3.63) is 61.2 Å². The minimum Gasteiger partial charge on any atom is -0.481 e. The topological polar surface area (TPSA) is 275 Å². The number of aromatic nitrogens is 7. The molecule has 0 saturated carbocycles. The van der Waals surface area contributed by atoms with Gasteiger partial charge in [-0.15, -0.1) is 5.10 Å². The molecule has 5 rings (SSSR count). The van der Waals surface area contributed by atoms with Crippen molar-refractivity contribution in [1.82, 2.24) is 34.5 Å². The van der Waals surface area contributed by atoms with Crippen LogP contribution in [0, 0.1) is 5.95 Å². The SMILES string of the molecule is COc1cc(OC)n2nc(NS(=O)(=O)c3c(C(F)(F)F)ccnc3OC)nc2n1.Nc1c(Cl)c(F)nc(OCC(=O)O)c1Cl.O=C(O)COc1nc(Cl)c(Cl)cc1Cl. The number of hydrogen-bond acceptors (Lipinski definition) is 16. The number of sulfonamides is 1. The molecule has 0 aromatic carbocycles. The van der Waals surface area contributed by atoms with Crippen molar-refractivity contribution in [2.45, 2.75) is 11.1 Å². The number of fused-ring (bicyclic) bond motifs is 1. The van der Waals surface area contributed by atoms with Crippen LogP contribution in [0.1, 0.15) is 5.56 Å². The Morgan fingerprint density at radius 3 is 2.03 bits per heavy atom. The largest absolute Gasteiger partial charge is 0.481 e. The van der Waals surface area contributed by atoms with Gasteiger partial charge in [0.15, 0.2) is 23.3 Å². The number of methoxy groups -OCH3 is 3. The third kappa shape index (κ3) is 12.1. The fourth-order valence-electron chi connectivity index (χ4n) is 3.74. The summed E-state index contributed by atoms with van der Waals surface area (Å²) in [6.07, 6.45) is -4.20. The second-order valence-electron chi connectivity index (χ2n) is 9.95. The number of alkyl halides is 3. The minimum atomic E-state index is -4.98. The molecule has 0 bridgehead atoms. The molecule has 0 fully saturated rings. The van der Waals surface area contributed by atoms with Gasteiger partial charge in [-0.3, -0.25) is 0 Å². The van der Waals surface area contributed by atoms with Crippen molar-refractivity contribution in [2.24, 2.45) is 0 Å². The highest BCUT2D eigenvalue weighted by atomic mass is 35.5. The lowest BCUT2D eigenvalue weighted by molar-refractivity contribution is -0.140. The van der Waals surface area contributed by atoms with E-state index in [2.05, 4.69) is 34.8 Å². The standard InChI is InChI=1S/C14H13F3N6O5S.C7H4Cl3NO3.C7H5Cl2FN2O3/c1-26-8-6-9(27-2)23-13(19-8)20-12(21-23)22-29(24,25)10-7(14(15,16)17)4-5-18-11(10)28-3;8-3-1-4(9)7(11-6(3)10)14-2-5(12)13;8-3-5(11)4(9)7(12-6(3)10)15-1-2(13)14/h4-6H,1-3H3,(H,21,22);1H,2H2,(H,12,13);1H2,(H2,11,12)(H,13,14). The van der Waals surface area contributed by atoms with Crippen LogP contribution in [0.25, 0.3) is 5.78 Å². The van der Waals surface area contributed by atoms with Crippen LogP contribution in [0.5, 0.6) is 29.4 Å². The maximum absolute atomic E-state index is 13.3. The van der Waals surface area contributed by atoms with Gasteiger partial charge in [-0.2, -0.15) is 42.0 Å². The van der Waals surface area contributed by atoms with Crippen molar-refractivity contribution in [2.75, 3.05) is 45.0 Å². The minimum absolute atomic E-state index is 0.0106. The van der Waals surface area contributed by atoms with Gasteiger partial charge in [-0.05, 0) is 12.1 Å². The summed E-state index contributed by atoms with van der Waals surface area (Å²) < 4.78 is 105. The van der Waals surface area contributed by atoms with Crippen LogP contribution in [0.4, 0.5) is 29.2 Å². The fourth-order valence-corrected chi connectivity index (χ4v) is 5.93. The highest BCUT2D eigenvalue weighted by molar-refractivity contribution is 7.92. The van der Waals surface area contributed by atoms with Crippen LogP contribution >= 0.6 is 58.0 Å². The van der Waals surface area contributed by atoms with Crippen molar-refractivity contribution >= 4 is 97.4 Å². The predicted molar refractivity (Wildman–Crippen MR) is 195 cm³/mol. The van der Waals surface area contributed by atoms with Crippen LogP contribution < -0.4 is 34.1 Å². The Labute approximate surface area is 346 Å². The fraction of sp³-hybridized carbons (Fsp3) is 0.214. The lowest BCUT2D eigenvalue weighted by Crippen LogP contribution is -2.21. The lowest BCUT2D eigenvalue weighted by Gasteiger charge is -2.15. The number of nitrogen functional groups attached to an aromatic ring is 1. The quantitative estimate of drug-likeness (QED) is 0.0895. The molecule has 0 radical (unpaired) electrons. The first kappa shape index (κ1) is 47.0. The monoisotopic (exact) mass is 943 g/mol. The van der Waals surface area contributed by atoms with Gasteiger partial charge in [-0.1, -0.05) is 58.0 Å². The molecule has 0 aliphatic heterocycles. The Hall–Kier alpha value is -5.34. The summed E-state index contributed by atoms with van der Waals surface area (Å²) in [4.78, 5) is 37.3. The van der Waals surface area contributed by atoms with Gasteiger partial charge in [0.05, 0.1) is 43.7 Å². The molecule has 5 aromatic rings. The van der Waals surface area contributed by atoms with Crippen LogP contribution in [0.2, 0.25) is 25.2 Å². The number of carbonyl (C=O) groups is 2. The zero-order valence-corrected chi connectivity index (χ0v) is 33.4. The number of nitrogens with one attached hydrogen (secondary N) is 1. The molecule has 0 amide bonds. The number of hydrogen-bond donors (Lipinski definition) is 4. The number of anilines is 2. The summed E-state index contributed by atoms with van der Waals surface area (Å²) >= 11 is 27.8. The maximum atomic E-state index is 13.3.